The molecule has 0 radical (unpaired) electrons. The molecule has 1 saturated heterocycles. The minimum absolute atomic E-state index is 0.233. The third-order valence-corrected chi connectivity index (χ3v) is 13.1. The van der Waals surface area contributed by atoms with Crippen molar-refractivity contribution < 1.29 is 28.2 Å². The summed E-state index contributed by atoms with van der Waals surface area (Å²) < 4.78 is 22.8. The molecule has 224 valence electrons. The van der Waals surface area contributed by atoms with Crippen molar-refractivity contribution >= 4 is 30.8 Å². The van der Waals surface area contributed by atoms with E-state index in [1.807, 2.05) is 60.7 Å². The number of rotatable bonds is 10. The van der Waals surface area contributed by atoms with Crippen LogP contribution in [0.1, 0.15) is 32.8 Å². The first-order valence-corrected chi connectivity index (χ1v) is 16.1. The van der Waals surface area contributed by atoms with Crippen molar-refractivity contribution in [2.24, 2.45) is 0 Å². The number of hydrogen-bond acceptors (Lipinski definition) is 7. The minimum Gasteiger partial charge on any atom is -0.497 e. The van der Waals surface area contributed by atoms with Gasteiger partial charge in [-0.2, -0.15) is 0 Å². The molecule has 1 N–H and O–H groups in total. The average molecular weight is 591 g/mol. The minimum atomic E-state index is -2.88. The van der Waals surface area contributed by atoms with Crippen LogP contribution in [0.25, 0.3) is 0 Å². The molecule has 1 aliphatic heterocycles. The number of methoxy groups -OCH3 is 3. The number of benzene rings is 3. The van der Waals surface area contributed by atoms with E-state index in [9.17, 15) is 9.59 Å². The Bertz CT molecular complexity index is 1270. The molecule has 42 heavy (non-hydrogen) atoms. The highest BCUT2D eigenvalue weighted by atomic mass is 28.4. The zero-order valence-corrected chi connectivity index (χ0v) is 26.3. The van der Waals surface area contributed by atoms with Crippen molar-refractivity contribution in [2.45, 2.75) is 56.9 Å². The van der Waals surface area contributed by atoms with E-state index in [-0.39, 0.29) is 17.7 Å². The summed E-state index contributed by atoms with van der Waals surface area (Å²) in [5.41, 5.74) is 1.02. The number of esters is 1. The Balaban J connectivity index is 1.68. The fourth-order valence-corrected chi connectivity index (χ4v) is 10.6. The maximum Gasteiger partial charge on any atom is 0.410 e. The van der Waals surface area contributed by atoms with Gasteiger partial charge in [-0.05, 0) is 39.5 Å². The lowest BCUT2D eigenvalue weighted by atomic mass is 10.1. The van der Waals surface area contributed by atoms with E-state index in [0.29, 0.717) is 13.0 Å². The first-order valence-electron chi connectivity index (χ1n) is 14.2. The summed E-state index contributed by atoms with van der Waals surface area (Å²) in [6.45, 7) is 7.36. The fourth-order valence-electron chi connectivity index (χ4n) is 6.04. The summed E-state index contributed by atoms with van der Waals surface area (Å²) in [5.74, 6) is 0.269. The Morgan fingerprint density at radius 2 is 1.43 bits per heavy atom. The highest BCUT2D eigenvalue weighted by Crippen LogP contribution is 2.38. The van der Waals surface area contributed by atoms with Gasteiger partial charge in [0.05, 0.1) is 34.0 Å². The molecule has 0 aromatic heterocycles. The number of likely N-dealkylation sites (tertiary alicyclic amines) is 1. The molecule has 0 aliphatic carbocycles. The van der Waals surface area contributed by atoms with Crippen molar-refractivity contribution in [1.82, 2.24) is 10.2 Å². The molecular weight excluding hydrogens is 548 g/mol. The zero-order valence-electron chi connectivity index (χ0n) is 25.3. The molecule has 0 spiro atoms. The molecule has 1 heterocycles. The quantitative estimate of drug-likeness (QED) is 0.281. The summed E-state index contributed by atoms with van der Waals surface area (Å²) >= 11 is 0. The molecule has 8 nitrogen and oxygen atoms in total. The van der Waals surface area contributed by atoms with E-state index >= 15 is 0 Å². The molecular formula is C33H42N2O6Si. The van der Waals surface area contributed by atoms with Crippen LogP contribution in [0.3, 0.4) is 0 Å². The molecule has 1 fully saturated rings. The van der Waals surface area contributed by atoms with Crippen molar-refractivity contribution in [3.8, 4) is 5.75 Å². The molecule has 3 aromatic rings. The summed E-state index contributed by atoms with van der Waals surface area (Å²) in [6.07, 6.45) is -0.0985. The lowest BCUT2D eigenvalue weighted by Gasteiger charge is -2.44. The Morgan fingerprint density at radius 1 is 0.857 bits per heavy atom. The SMILES string of the molecule is COC(=O)[C@H]1[C@@H](NCc2ccc(OC)cc2)C[C@@H](CO[Si](c2ccccc2)(c2ccccc2)C(C)(C)C)N1C(=O)OC. The third kappa shape index (κ3) is 6.38. The van der Waals surface area contributed by atoms with Crippen LogP contribution in [0.2, 0.25) is 5.04 Å². The van der Waals surface area contributed by atoms with Gasteiger partial charge in [-0.3, -0.25) is 4.90 Å². The summed E-state index contributed by atoms with van der Waals surface area (Å²) in [5, 5.41) is 5.54. The molecule has 9 heteroatoms. The van der Waals surface area contributed by atoms with Gasteiger partial charge >= 0.3 is 12.1 Å². The normalized spacial score (nSPS) is 18.9. The molecule has 0 bridgehead atoms. The monoisotopic (exact) mass is 590 g/mol. The lowest BCUT2D eigenvalue weighted by Crippen LogP contribution is -2.67. The fraction of sp³-hybridized carbons (Fsp3) is 0.394. The summed E-state index contributed by atoms with van der Waals surface area (Å²) in [6, 6.07) is 26.8. The maximum atomic E-state index is 13.2. The third-order valence-electron chi connectivity index (χ3n) is 8.06. The number of carbonyl (C=O) groups excluding carboxylic acids is 2. The topological polar surface area (TPSA) is 86.3 Å². The summed E-state index contributed by atoms with van der Waals surface area (Å²) in [4.78, 5) is 27.9. The predicted molar refractivity (Wildman–Crippen MR) is 166 cm³/mol. The van der Waals surface area contributed by atoms with Gasteiger partial charge < -0.3 is 24.0 Å². The molecule has 1 amide bonds. The van der Waals surface area contributed by atoms with Gasteiger partial charge in [0.1, 0.15) is 11.8 Å². The van der Waals surface area contributed by atoms with Crippen molar-refractivity contribution in [2.75, 3.05) is 27.9 Å². The van der Waals surface area contributed by atoms with Crippen molar-refractivity contribution in [3.63, 3.8) is 0 Å². The van der Waals surface area contributed by atoms with Crippen LogP contribution < -0.4 is 20.4 Å². The number of ether oxygens (including phenoxy) is 3. The van der Waals surface area contributed by atoms with E-state index in [1.165, 1.54) is 19.1 Å². The molecule has 1 aliphatic rings. The van der Waals surface area contributed by atoms with E-state index in [1.54, 1.807) is 7.11 Å². The maximum absolute atomic E-state index is 13.2. The van der Waals surface area contributed by atoms with Crippen molar-refractivity contribution in [1.29, 1.82) is 0 Å². The largest absolute Gasteiger partial charge is 0.497 e. The van der Waals surface area contributed by atoms with Gasteiger partial charge in [-0.25, -0.2) is 9.59 Å². The van der Waals surface area contributed by atoms with E-state index < -0.39 is 32.5 Å². The first-order chi connectivity index (χ1) is 20.2. The Morgan fingerprint density at radius 3 is 1.90 bits per heavy atom. The Kier molecular flexibility index (Phi) is 10.1. The van der Waals surface area contributed by atoms with Gasteiger partial charge in [0.2, 0.25) is 0 Å². The lowest BCUT2D eigenvalue weighted by molar-refractivity contribution is -0.146. The van der Waals surface area contributed by atoms with Crippen LogP contribution in [0.4, 0.5) is 4.79 Å². The second-order valence-corrected chi connectivity index (χ2v) is 15.9. The van der Waals surface area contributed by atoms with Gasteiger partial charge in [0.15, 0.2) is 0 Å². The number of amides is 1. The number of nitrogens with one attached hydrogen (secondary N) is 1. The van der Waals surface area contributed by atoms with Gasteiger partial charge in [0, 0.05) is 12.6 Å². The predicted octanol–water partition coefficient (Wildman–Crippen LogP) is 4.11. The number of hydrogen-bond donors (Lipinski definition) is 1. The van der Waals surface area contributed by atoms with Crippen LogP contribution >= 0.6 is 0 Å². The van der Waals surface area contributed by atoms with E-state index in [0.717, 1.165) is 21.7 Å². The highest BCUT2D eigenvalue weighted by Gasteiger charge is 2.53. The Hall–Kier alpha value is -3.66. The Labute approximate surface area is 250 Å². The van der Waals surface area contributed by atoms with E-state index in [2.05, 4.69) is 50.4 Å². The van der Waals surface area contributed by atoms with Crippen LogP contribution in [0.5, 0.6) is 5.75 Å². The first kappa shape index (κ1) is 31.3. The second kappa shape index (κ2) is 13.5. The van der Waals surface area contributed by atoms with Crippen LogP contribution in [-0.4, -0.2) is 71.3 Å². The number of nitrogens with zero attached hydrogens (tertiary/aromatic N) is 1. The standard InChI is InChI=1S/C33H42N2O6Si/c1-33(2,3)42(27-13-9-7-10-14-27,28-15-11-8-12-16-28)41-23-25-21-29(30(31(36)39-5)35(25)32(37)40-6)34-22-24-17-19-26(38-4)20-18-24/h7-20,25,29-30,34H,21-23H2,1-6H3/t25-,29-,30+/m0/s1. The smallest absolute Gasteiger partial charge is 0.410 e. The molecule has 3 aromatic carbocycles. The van der Waals surface area contributed by atoms with Crippen molar-refractivity contribution in [3.05, 3.63) is 90.5 Å². The zero-order chi connectivity index (χ0) is 30.3. The second-order valence-electron chi connectivity index (χ2n) is 11.5. The molecule has 4 rings (SSSR count). The van der Waals surface area contributed by atoms with E-state index in [4.69, 9.17) is 18.6 Å². The number of carbonyl (C=O) groups is 2. The van der Waals surface area contributed by atoms with Crippen LogP contribution in [0, 0.1) is 0 Å². The highest BCUT2D eigenvalue weighted by molar-refractivity contribution is 6.99. The van der Waals surface area contributed by atoms with Gasteiger partial charge in [-0.15, -0.1) is 0 Å². The van der Waals surface area contributed by atoms with Gasteiger partial charge in [-0.1, -0.05) is 93.6 Å². The molecule has 0 unspecified atom stereocenters. The summed E-state index contributed by atoms with van der Waals surface area (Å²) in [7, 11) is 1.42. The van der Waals surface area contributed by atoms with Crippen LogP contribution in [-0.2, 0) is 25.2 Å². The molecule has 3 atom stereocenters. The van der Waals surface area contributed by atoms with Crippen LogP contribution in [0.15, 0.2) is 84.9 Å². The average Bonchev–Trinajstić information content (AvgIpc) is 3.38. The molecule has 0 saturated carbocycles. The van der Waals surface area contributed by atoms with Gasteiger partial charge in [0.25, 0.3) is 8.32 Å².